The third-order valence-electron chi connectivity index (χ3n) is 2.31. The molecule has 1 rings (SSSR count). The van der Waals surface area contributed by atoms with Gasteiger partial charge >= 0.3 is 0 Å². The van der Waals surface area contributed by atoms with E-state index >= 15 is 0 Å². The van der Waals surface area contributed by atoms with Gasteiger partial charge in [-0.3, -0.25) is 4.79 Å². The van der Waals surface area contributed by atoms with Crippen LogP contribution in [0.15, 0.2) is 18.2 Å². The average molecular weight is 339 g/mol. The summed E-state index contributed by atoms with van der Waals surface area (Å²) in [5.74, 6) is -0.740. The van der Waals surface area contributed by atoms with E-state index in [1.54, 1.807) is 7.05 Å². The highest BCUT2D eigenvalue weighted by atomic mass is 79.9. The zero-order chi connectivity index (χ0) is 13.5. The van der Waals surface area contributed by atoms with Crippen LogP contribution < -0.4 is 0 Å². The molecule has 0 N–H and O–H groups in total. The second-order valence-electron chi connectivity index (χ2n) is 3.66. The van der Waals surface area contributed by atoms with Crippen molar-refractivity contribution in [1.29, 1.82) is 0 Å². The summed E-state index contributed by atoms with van der Waals surface area (Å²) < 4.78 is 18.2. The van der Waals surface area contributed by atoms with Gasteiger partial charge < -0.3 is 9.64 Å². The minimum absolute atomic E-state index is 0.0511. The van der Waals surface area contributed by atoms with Gasteiger partial charge in [0.25, 0.3) is 5.91 Å². The normalized spacial score (nSPS) is 10.4. The first-order valence-corrected chi connectivity index (χ1v) is 6.90. The zero-order valence-corrected chi connectivity index (χ0v) is 12.3. The monoisotopic (exact) mass is 337 g/mol. The van der Waals surface area contributed by atoms with E-state index in [1.807, 2.05) is 0 Å². The first-order chi connectivity index (χ1) is 8.56. The summed E-state index contributed by atoms with van der Waals surface area (Å²) in [6.45, 7) is 1.54. The molecule has 1 amide bonds. The number of ether oxygens (including phenoxy) is 1. The van der Waals surface area contributed by atoms with Crippen molar-refractivity contribution in [2.45, 2.75) is 0 Å². The van der Waals surface area contributed by atoms with Gasteiger partial charge in [0.05, 0.1) is 18.2 Å². The molecule has 6 heteroatoms. The molecular weight excluding hydrogens is 324 g/mol. The molecule has 1 aromatic rings. The average Bonchev–Trinajstić information content (AvgIpc) is 2.37. The molecule has 0 spiro atoms. The third-order valence-corrected chi connectivity index (χ3v) is 2.92. The van der Waals surface area contributed by atoms with Gasteiger partial charge in [0.1, 0.15) is 5.82 Å². The van der Waals surface area contributed by atoms with Gasteiger partial charge in [-0.15, -0.1) is 0 Å². The number of alkyl halides is 1. The van der Waals surface area contributed by atoms with E-state index in [4.69, 9.17) is 16.3 Å². The van der Waals surface area contributed by atoms with Crippen LogP contribution in [0.2, 0.25) is 5.02 Å². The van der Waals surface area contributed by atoms with Crippen molar-refractivity contribution in [3.63, 3.8) is 0 Å². The summed E-state index contributed by atoms with van der Waals surface area (Å²) in [5.41, 5.74) is 0.365. The number of hydrogen-bond donors (Lipinski definition) is 0. The van der Waals surface area contributed by atoms with Crippen molar-refractivity contribution in [3.8, 4) is 0 Å². The summed E-state index contributed by atoms with van der Waals surface area (Å²) in [5, 5.41) is 0.711. The molecule has 0 heterocycles. The van der Waals surface area contributed by atoms with Crippen molar-refractivity contribution >= 4 is 33.4 Å². The van der Waals surface area contributed by atoms with Crippen molar-refractivity contribution in [1.82, 2.24) is 4.90 Å². The Balaban J connectivity index is 2.54. The predicted octanol–water partition coefficient (Wildman–Crippen LogP) is 2.96. The minimum atomic E-state index is -0.531. The Morgan fingerprint density at radius 2 is 2.22 bits per heavy atom. The van der Waals surface area contributed by atoms with Crippen LogP contribution >= 0.6 is 27.5 Å². The fraction of sp³-hybridized carbons (Fsp3) is 0.417. The highest BCUT2D eigenvalue weighted by molar-refractivity contribution is 9.09. The van der Waals surface area contributed by atoms with Gasteiger partial charge in [0, 0.05) is 24.5 Å². The van der Waals surface area contributed by atoms with Crippen molar-refractivity contribution < 1.29 is 13.9 Å². The highest BCUT2D eigenvalue weighted by Crippen LogP contribution is 2.16. The van der Waals surface area contributed by atoms with Crippen LogP contribution in [0.1, 0.15) is 10.4 Å². The number of amides is 1. The molecule has 0 fully saturated rings. The lowest BCUT2D eigenvalue weighted by atomic mass is 10.2. The molecule has 0 saturated carbocycles. The van der Waals surface area contributed by atoms with Gasteiger partial charge in [0.15, 0.2) is 0 Å². The number of hydrogen-bond acceptors (Lipinski definition) is 2. The van der Waals surface area contributed by atoms with E-state index < -0.39 is 5.82 Å². The van der Waals surface area contributed by atoms with E-state index in [2.05, 4.69) is 15.9 Å². The third kappa shape index (κ3) is 4.55. The van der Waals surface area contributed by atoms with Crippen LogP contribution in [0, 0.1) is 5.82 Å². The first kappa shape index (κ1) is 15.4. The maximum absolute atomic E-state index is 13.0. The topological polar surface area (TPSA) is 29.5 Å². The summed E-state index contributed by atoms with van der Waals surface area (Å²) in [7, 11) is 1.66. The molecule has 0 aliphatic heterocycles. The molecule has 0 radical (unpaired) electrons. The van der Waals surface area contributed by atoms with Gasteiger partial charge in [-0.25, -0.2) is 4.39 Å². The number of benzene rings is 1. The molecule has 0 aromatic heterocycles. The van der Waals surface area contributed by atoms with Gasteiger partial charge in [-0.2, -0.15) is 0 Å². The Hall–Kier alpha value is -0.650. The van der Waals surface area contributed by atoms with E-state index in [1.165, 1.54) is 23.1 Å². The summed E-state index contributed by atoms with van der Waals surface area (Å²) in [6, 6.07) is 3.93. The molecular formula is C12H14BrClFNO2. The Morgan fingerprint density at radius 3 is 2.83 bits per heavy atom. The highest BCUT2D eigenvalue weighted by Gasteiger charge is 2.13. The van der Waals surface area contributed by atoms with E-state index in [-0.39, 0.29) is 10.9 Å². The van der Waals surface area contributed by atoms with E-state index in [9.17, 15) is 9.18 Å². The number of likely N-dealkylation sites (N-methyl/N-ethyl adjacent to an activating group) is 1. The minimum Gasteiger partial charge on any atom is -0.379 e. The predicted molar refractivity (Wildman–Crippen MR) is 73.0 cm³/mol. The molecule has 18 heavy (non-hydrogen) atoms. The lowest BCUT2D eigenvalue weighted by Gasteiger charge is -2.17. The van der Waals surface area contributed by atoms with Crippen LogP contribution in [0.4, 0.5) is 4.39 Å². The number of nitrogens with zero attached hydrogens (tertiary/aromatic N) is 1. The molecule has 0 unspecified atom stereocenters. The van der Waals surface area contributed by atoms with Gasteiger partial charge in [-0.05, 0) is 18.2 Å². The van der Waals surface area contributed by atoms with E-state index in [0.717, 1.165) is 5.33 Å². The fourth-order valence-corrected chi connectivity index (χ4v) is 1.72. The summed E-state index contributed by atoms with van der Waals surface area (Å²) >= 11 is 8.87. The van der Waals surface area contributed by atoms with Crippen LogP contribution in [-0.4, -0.2) is 42.9 Å². The standard InChI is InChI=1S/C12H14BrClFNO2/c1-16(5-7-18-6-4-13)12(17)9-2-3-11(15)10(14)8-9/h2-3,8H,4-7H2,1H3. The largest absolute Gasteiger partial charge is 0.379 e. The Bertz CT molecular complexity index is 417. The Labute approximate surface area is 119 Å². The smallest absolute Gasteiger partial charge is 0.253 e. The van der Waals surface area contributed by atoms with Crippen LogP contribution in [-0.2, 0) is 4.74 Å². The Morgan fingerprint density at radius 1 is 1.50 bits per heavy atom. The number of halogens is 3. The quantitative estimate of drug-likeness (QED) is 0.589. The lowest BCUT2D eigenvalue weighted by Crippen LogP contribution is -2.30. The van der Waals surface area contributed by atoms with E-state index in [0.29, 0.717) is 25.3 Å². The van der Waals surface area contributed by atoms with Gasteiger partial charge in [0.2, 0.25) is 0 Å². The molecule has 0 saturated heterocycles. The second-order valence-corrected chi connectivity index (χ2v) is 4.86. The Kier molecular flexibility index (Phi) is 6.60. The fourth-order valence-electron chi connectivity index (χ4n) is 1.31. The lowest BCUT2D eigenvalue weighted by molar-refractivity contribution is 0.0713. The SMILES string of the molecule is CN(CCOCCBr)C(=O)c1ccc(F)c(Cl)c1. The maximum atomic E-state index is 13.0. The first-order valence-electron chi connectivity index (χ1n) is 5.40. The number of carbonyl (C=O) groups is 1. The molecule has 0 aliphatic carbocycles. The summed E-state index contributed by atoms with van der Waals surface area (Å²) in [6.07, 6.45) is 0. The van der Waals surface area contributed by atoms with Crippen LogP contribution in [0.25, 0.3) is 0 Å². The van der Waals surface area contributed by atoms with Gasteiger partial charge in [-0.1, -0.05) is 27.5 Å². The summed E-state index contributed by atoms with van der Waals surface area (Å²) in [4.78, 5) is 13.5. The molecule has 100 valence electrons. The molecule has 1 aromatic carbocycles. The zero-order valence-electron chi connectivity index (χ0n) is 9.96. The van der Waals surface area contributed by atoms with Crippen LogP contribution in [0.3, 0.4) is 0 Å². The van der Waals surface area contributed by atoms with Crippen LogP contribution in [0.5, 0.6) is 0 Å². The van der Waals surface area contributed by atoms with Crippen molar-refractivity contribution in [2.24, 2.45) is 0 Å². The van der Waals surface area contributed by atoms with Crippen molar-refractivity contribution in [3.05, 3.63) is 34.6 Å². The number of carbonyl (C=O) groups excluding carboxylic acids is 1. The van der Waals surface area contributed by atoms with Crippen molar-refractivity contribution in [2.75, 3.05) is 32.1 Å². The number of rotatable bonds is 6. The molecule has 0 aliphatic rings. The maximum Gasteiger partial charge on any atom is 0.253 e. The molecule has 0 atom stereocenters. The molecule has 0 bridgehead atoms. The molecule has 3 nitrogen and oxygen atoms in total. The second kappa shape index (κ2) is 7.71.